The van der Waals surface area contributed by atoms with Crippen molar-refractivity contribution in [3.63, 3.8) is 0 Å². The van der Waals surface area contributed by atoms with E-state index in [0.29, 0.717) is 32.4 Å². The first-order chi connectivity index (χ1) is 8.79. The van der Waals surface area contributed by atoms with Crippen molar-refractivity contribution >= 4 is 21.9 Å². The Labute approximate surface area is 113 Å². The van der Waals surface area contributed by atoms with Crippen molar-refractivity contribution < 1.29 is 23.1 Å². The average molecular weight is 292 g/mol. The molecule has 7 nitrogen and oxygen atoms in total. The van der Waals surface area contributed by atoms with Crippen molar-refractivity contribution in [2.45, 2.75) is 38.1 Å². The number of carbonyl (C=O) groups excluding carboxylic acids is 1. The minimum absolute atomic E-state index is 0.0139. The summed E-state index contributed by atoms with van der Waals surface area (Å²) in [5.74, 6) is -1.08. The maximum absolute atomic E-state index is 11.5. The Morgan fingerprint density at radius 3 is 2.32 bits per heavy atom. The highest BCUT2D eigenvalue weighted by Crippen LogP contribution is 2.13. The van der Waals surface area contributed by atoms with Crippen LogP contribution < -0.4 is 5.32 Å². The summed E-state index contributed by atoms with van der Waals surface area (Å²) in [6.45, 7) is 0.831. The Kier molecular flexibility index (Phi) is 5.74. The van der Waals surface area contributed by atoms with Gasteiger partial charge in [0.25, 0.3) is 0 Å². The molecule has 1 aliphatic heterocycles. The van der Waals surface area contributed by atoms with Crippen LogP contribution in [0.25, 0.3) is 0 Å². The van der Waals surface area contributed by atoms with E-state index in [-0.39, 0.29) is 24.8 Å². The zero-order valence-corrected chi connectivity index (χ0v) is 11.8. The Morgan fingerprint density at radius 1 is 1.26 bits per heavy atom. The fourth-order valence-corrected chi connectivity index (χ4v) is 2.91. The van der Waals surface area contributed by atoms with Crippen molar-refractivity contribution in [3.05, 3.63) is 0 Å². The highest BCUT2D eigenvalue weighted by Gasteiger charge is 2.25. The Balaban J connectivity index is 2.25. The molecule has 19 heavy (non-hydrogen) atoms. The molecule has 0 saturated carbocycles. The summed E-state index contributed by atoms with van der Waals surface area (Å²) in [5.41, 5.74) is 0. The molecule has 2 N–H and O–H groups in total. The number of rotatable bonds is 6. The molecule has 0 atom stereocenters. The van der Waals surface area contributed by atoms with Crippen LogP contribution in [0.15, 0.2) is 0 Å². The molecule has 0 unspecified atom stereocenters. The summed E-state index contributed by atoms with van der Waals surface area (Å²) in [4.78, 5) is 21.8. The second kappa shape index (κ2) is 6.85. The maximum Gasteiger partial charge on any atom is 0.303 e. The minimum Gasteiger partial charge on any atom is -0.481 e. The van der Waals surface area contributed by atoms with Gasteiger partial charge in [0.15, 0.2) is 0 Å². The SMILES string of the molecule is CS(=O)(=O)N1CCC(NC(=O)CCCC(=O)O)CC1. The zero-order chi connectivity index (χ0) is 14.5. The summed E-state index contributed by atoms with van der Waals surface area (Å²) in [7, 11) is -3.15. The second-order valence-electron chi connectivity index (χ2n) is 4.75. The van der Waals surface area contributed by atoms with E-state index in [4.69, 9.17) is 5.11 Å². The van der Waals surface area contributed by atoms with Gasteiger partial charge in [-0.05, 0) is 19.3 Å². The molecule has 1 amide bonds. The average Bonchev–Trinajstić information content (AvgIpc) is 2.27. The van der Waals surface area contributed by atoms with Crippen LogP contribution in [0.4, 0.5) is 0 Å². The molecule has 8 heteroatoms. The van der Waals surface area contributed by atoms with Crippen molar-refractivity contribution in [3.8, 4) is 0 Å². The molecule has 1 rings (SSSR count). The Hall–Kier alpha value is -1.15. The monoisotopic (exact) mass is 292 g/mol. The van der Waals surface area contributed by atoms with Gasteiger partial charge in [0.1, 0.15) is 0 Å². The first-order valence-electron chi connectivity index (χ1n) is 6.25. The Bertz CT molecular complexity index is 426. The number of hydrogen-bond donors (Lipinski definition) is 2. The van der Waals surface area contributed by atoms with Crippen LogP contribution in [-0.4, -0.2) is 55.1 Å². The molecule has 0 aromatic rings. The molecule has 0 aromatic heterocycles. The molecule has 110 valence electrons. The highest BCUT2D eigenvalue weighted by molar-refractivity contribution is 7.88. The third kappa shape index (κ3) is 6.02. The summed E-state index contributed by atoms with van der Waals surface area (Å²) in [6, 6.07) is -0.0182. The lowest BCUT2D eigenvalue weighted by Gasteiger charge is -2.30. The van der Waals surface area contributed by atoms with E-state index in [1.807, 2.05) is 0 Å². The van der Waals surface area contributed by atoms with Gasteiger partial charge in [-0.2, -0.15) is 0 Å². The van der Waals surface area contributed by atoms with E-state index < -0.39 is 16.0 Å². The number of nitrogens with zero attached hydrogens (tertiary/aromatic N) is 1. The molecular weight excluding hydrogens is 272 g/mol. The Morgan fingerprint density at radius 2 is 1.84 bits per heavy atom. The van der Waals surface area contributed by atoms with Crippen LogP contribution >= 0.6 is 0 Å². The van der Waals surface area contributed by atoms with Crippen LogP contribution in [0, 0.1) is 0 Å². The molecule has 0 aliphatic carbocycles. The molecule has 0 bridgehead atoms. The molecular formula is C11H20N2O5S. The number of amides is 1. The molecule has 1 aliphatic rings. The molecule has 1 fully saturated rings. The minimum atomic E-state index is -3.15. The third-order valence-electron chi connectivity index (χ3n) is 3.08. The van der Waals surface area contributed by atoms with Gasteiger partial charge < -0.3 is 10.4 Å². The highest BCUT2D eigenvalue weighted by atomic mass is 32.2. The molecule has 0 spiro atoms. The quantitative estimate of drug-likeness (QED) is 0.704. The van der Waals surface area contributed by atoms with E-state index in [1.165, 1.54) is 10.6 Å². The number of aliphatic carboxylic acids is 1. The van der Waals surface area contributed by atoms with E-state index in [2.05, 4.69) is 5.32 Å². The van der Waals surface area contributed by atoms with E-state index in [1.54, 1.807) is 0 Å². The lowest BCUT2D eigenvalue weighted by atomic mass is 10.1. The number of hydrogen-bond acceptors (Lipinski definition) is 4. The lowest BCUT2D eigenvalue weighted by Crippen LogP contribution is -2.46. The first kappa shape index (κ1) is 15.9. The van der Waals surface area contributed by atoms with Crippen molar-refractivity contribution in [1.29, 1.82) is 0 Å². The van der Waals surface area contributed by atoms with Crippen molar-refractivity contribution in [2.75, 3.05) is 19.3 Å². The number of carboxylic acid groups (broad SMARTS) is 1. The number of piperidine rings is 1. The van der Waals surface area contributed by atoms with Gasteiger partial charge >= 0.3 is 5.97 Å². The number of carboxylic acids is 1. The molecule has 0 radical (unpaired) electrons. The van der Waals surface area contributed by atoms with E-state index >= 15 is 0 Å². The van der Waals surface area contributed by atoms with Gasteiger partial charge in [0.05, 0.1) is 6.26 Å². The van der Waals surface area contributed by atoms with E-state index in [0.717, 1.165) is 0 Å². The smallest absolute Gasteiger partial charge is 0.303 e. The summed E-state index contributed by atoms with van der Waals surface area (Å²) >= 11 is 0. The van der Waals surface area contributed by atoms with Crippen LogP contribution in [0.1, 0.15) is 32.1 Å². The predicted molar refractivity (Wildman–Crippen MR) is 69.1 cm³/mol. The largest absolute Gasteiger partial charge is 0.481 e. The predicted octanol–water partition coefficient (Wildman–Crippen LogP) is -0.218. The van der Waals surface area contributed by atoms with Crippen LogP contribution in [-0.2, 0) is 19.6 Å². The second-order valence-corrected chi connectivity index (χ2v) is 6.73. The van der Waals surface area contributed by atoms with Gasteiger partial charge in [0.2, 0.25) is 15.9 Å². The van der Waals surface area contributed by atoms with Gasteiger partial charge in [-0.1, -0.05) is 0 Å². The molecule has 1 heterocycles. The first-order valence-corrected chi connectivity index (χ1v) is 8.10. The fourth-order valence-electron chi connectivity index (χ4n) is 2.03. The summed E-state index contributed by atoms with van der Waals surface area (Å²) < 4.78 is 24.0. The summed E-state index contributed by atoms with van der Waals surface area (Å²) in [6.07, 6.45) is 2.87. The fraction of sp³-hybridized carbons (Fsp3) is 0.818. The number of nitrogens with one attached hydrogen (secondary N) is 1. The standard InChI is InChI=1S/C11H20N2O5S/c1-19(17,18)13-7-5-9(6-8-13)12-10(14)3-2-4-11(15)16/h9H,2-8H2,1H3,(H,12,14)(H,15,16). The van der Waals surface area contributed by atoms with Gasteiger partial charge in [-0.25, -0.2) is 12.7 Å². The zero-order valence-electron chi connectivity index (χ0n) is 11.0. The van der Waals surface area contributed by atoms with Crippen LogP contribution in [0.2, 0.25) is 0 Å². The van der Waals surface area contributed by atoms with Crippen LogP contribution in [0.5, 0.6) is 0 Å². The summed E-state index contributed by atoms with van der Waals surface area (Å²) in [5, 5.41) is 11.3. The number of sulfonamides is 1. The third-order valence-corrected chi connectivity index (χ3v) is 4.39. The topological polar surface area (TPSA) is 104 Å². The number of carbonyl (C=O) groups is 2. The molecule has 1 saturated heterocycles. The maximum atomic E-state index is 11.5. The van der Waals surface area contributed by atoms with Crippen LogP contribution in [0.3, 0.4) is 0 Å². The van der Waals surface area contributed by atoms with Crippen molar-refractivity contribution in [1.82, 2.24) is 9.62 Å². The lowest BCUT2D eigenvalue weighted by molar-refractivity contribution is -0.137. The van der Waals surface area contributed by atoms with E-state index in [9.17, 15) is 18.0 Å². The van der Waals surface area contributed by atoms with Gasteiger partial charge in [-0.3, -0.25) is 9.59 Å². The molecule has 0 aromatic carbocycles. The van der Waals surface area contributed by atoms with Gasteiger partial charge in [0, 0.05) is 32.0 Å². The van der Waals surface area contributed by atoms with Gasteiger partial charge in [-0.15, -0.1) is 0 Å². The normalized spacial score (nSPS) is 18.2. The van der Waals surface area contributed by atoms with Crippen molar-refractivity contribution in [2.24, 2.45) is 0 Å².